The van der Waals surface area contributed by atoms with Crippen LogP contribution in [0.5, 0.6) is 0 Å². The zero-order chi connectivity index (χ0) is 12.1. The minimum Gasteiger partial charge on any atom is -0.468 e. The summed E-state index contributed by atoms with van der Waals surface area (Å²) >= 11 is 0. The van der Waals surface area contributed by atoms with Crippen molar-refractivity contribution in [1.29, 1.82) is 0 Å². The monoisotopic (exact) mass is 238 g/mol. The van der Waals surface area contributed by atoms with Crippen molar-refractivity contribution >= 4 is 5.97 Å². The van der Waals surface area contributed by atoms with Gasteiger partial charge < -0.3 is 19.8 Å². The first-order chi connectivity index (χ1) is 8.27. The van der Waals surface area contributed by atoms with E-state index in [0.29, 0.717) is 19.8 Å². The summed E-state index contributed by atoms with van der Waals surface area (Å²) in [6.45, 7) is 2.37. The maximum atomic E-state index is 11.6. The number of H-pyrrole nitrogens is 1. The fourth-order valence-corrected chi connectivity index (χ4v) is 1.93. The summed E-state index contributed by atoms with van der Waals surface area (Å²) in [7, 11) is 1.42. The number of esters is 1. The molecule has 2 rings (SSSR count). The van der Waals surface area contributed by atoms with Crippen LogP contribution >= 0.6 is 0 Å². The van der Waals surface area contributed by atoms with Gasteiger partial charge in [0.2, 0.25) is 0 Å². The van der Waals surface area contributed by atoms with Crippen molar-refractivity contribution in [3.63, 3.8) is 0 Å². The molecule has 0 radical (unpaired) electrons. The zero-order valence-corrected chi connectivity index (χ0v) is 9.99. The Bertz CT molecular complexity index is 358. The maximum Gasteiger partial charge on any atom is 0.317 e. The highest BCUT2D eigenvalue weighted by Gasteiger charge is 2.46. The van der Waals surface area contributed by atoms with Crippen molar-refractivity contribution in [2.75, 3.05) is 33.4 Å². The molecule has 0 spiro atoms. The smallest absolute Gasteiger partial charge is 0.317 e. The molecule has 1 aliphatic rings. The van der Waals surface area contributed by atoms with Gasteiger partial charge in [0.15, 0.2) is 0 Å². The summed E-state index contributed by atoms with van der Waals surface area (Å²) in [5.41, 5.74) is 0.793. The largest absolute Gasteiger partial charge is 0.468 e. The van der Waals surface area contributed by atoms with Crippen LogP contribution in [0.1, 0.15) is 5.56 Å². The lowest BCUT2D eigenvalue weighted by Crippen LogP contribution is -2.55. The molecule has 0 bridgehead atoms. The number of hydrogen-bond donors (Lipinski definition) is 2. The van der Waals surface area contributed by atoms with E-state index in [1.165, 1.54) is 12.7 Å². The van der Waals surface area contributed by atoms with Crippen molar-refractivity contribution in [2.24, 2.45) is 5.41 Å². The number of ether oxygens (including phenoxy) is 2. The Labute approximate surface area is 100 Å². The molecule has 5 nitrogen and oxygen atoms in total. The Morgan fingerprint density at radius 2 is 2.47 bits per heavy atom. The molecule has 0 aliphatic carbocycles. The number of aromatic nitrogens is 1. The Morgan fingerprint density at radius 1 is 1.65 bits per heavy atom. The summed E-state index contributed by atoms with van der Waals surface area (Å²) in [5.74, 6) is -0.183. The van der Waals surface area contributed by atoms with Gasteiger partial charge in [-0.15, -0.1) is 0 Å². The van der Waals surface area contributed by atoms with E-state index in [-0.39, 0.29) is 5.97 Å². The van der Waals surface area contributed by atoms with E-state index in [9.17, 15) is 4.79 Å². The van der Waals surface area contributed by atoms with Crippen LogP contribution in [0.25, 0.3) is 0 Å². The second-order valence-corrected chi connectivity index (χ2v) is 4.41. The van der Waals surface area contributed by atoms with Gasteiger partial charge in [-0.2, -0.15) is 0 Å². The number of methoxy groups -OCH3 is 1. The summed E-state index contributed by atoms with van der Waals surface area (Å²) < 4.78 is 9.91. The van der Waals surface area contributed by atoms with Crippen molar-refractivity contribution in [1.82, 2.24) is 10.3 Å². The first-order valence-corrected chi connectivity index (χ1v) is 5.75. The van der Waals surface area contributed by atoms with Gasteiger partial charge in [0, 0.05) is 18.9 Å². The highest BCUT2D eigenvalue weighted by Crippen LogP contribution is 2.27. The van der Waals surface area contributed by atoms with E-state index in [1.807, 2.05) is 18.5 Å². The number of aromatic amines is 1. The minimum absolute atomic E-state index is 0.183. The van der Waals surface area contributed by atoms with Gasteiger partial charge in [0.25, 0.3) is 0 Å². The van der Waals surface area contributed by atoms with Crippen LogP contribution < -0.4 is 5.32 Å². The van der Waals surface area contributed by atoms with E-state index in [2.05, 4.69) is 10.3 Å². The van der Waals surface area contributed by atoms with Crippen molar-refractivity contribution in [2.45, 2.75) is 6.42 Å². The van der Waals surface area contributed by atoms with Crippen LogP contribution in [0.3, 0.4) is 0 Å². The van der Waals surface area contributed by atoms with Crippen molar-refractivity contribution < 1.29 is 14.3 Å². The Hall–Kier alpha value is -1.33. The van der Waals surface area contributed by atoms with Crippen LogP contribution in [-0.4, -0.2) is 44.4 Å². The Kier molecular flexibility index (Phi) is 3.81. The molecule has 5 heteroatoms. The minimum atomic E-state index is -0.465. The lowest BCUT2D eigenvalue weighted by molar-refractivity contribution is -0.182. The third-order valence-electron chi connectivity index (χ3n) is 3.09. The summed E-state index contributed by atoms with van der Waals surface area (Å²) in [6, 6.07) is 2.05. The standard InChI is InChI=1S/C12H18N2O3/c1-16-11(15)12(8-17-9-12)7-14-5-3-10-2-4-13-6-10/h2,4,6,13-14H,3,5,7-9H2,1H3. The van der Waals surface area contributed by atoms with Gasteiger partial charge in [-0.3, -0.25) is 4.79 Å². The number of nitrogens with one attached hydrogen (secondary N) is 2. The van der Waals surface area contributed by atoms with Crippen LogP contribution in [0, 0.1) is 5.41 Å². The molecular formula is C12H18N2O3. The molecule has 2 N–H and O–H groups in total. The predicted octanol–water partition coefficient (Wildman–Crippen LogP) is 0.336. The van der Waals surface area contributed by atoms with Gasteiger partial charge in [-0.25, -0.2) is 0 Å². The molecule has 0 unspecified atom stereocenters. The lowest BCUT2D eigenvalue weighted by Gasteiger charge is -2.38. The molecule has 1 aliphatic heterocycles. The number of carbonyl (C=O) groups is 1. The van der Waals surface area contributed by atoms with Crippen LogP contribution in [-0.2, 0) is 20.7 Å². The molecule has 94 valence electrons. The van der Waals surface area contributed by atoms with E-state index in [1.54, 1.807) is 0 Å². The van der Waals surface area contributed by atoms with Gasteiger partial charge in [-0.1, -0.05) is 0 Å². The molecule has 1 saturated heterocycles. The molecule has 1 aromatic heterocycles. The molecule has 0 aromatic carbocycles. The molecule has 17 heavy (non-hydrogen) atoms. The fourth-order valence-electron chi connectivity index (χ4n) is 1.93. The number of hydrogen-bond acceptors (Lipinski definition) is 4. The predicted molar refractivity (Wildman–Crippen MR) is 62.6 cm³/mol. The lowest BCUT2D eigenvalue weighted by atomic mass is 9.86. The molecule has 0 amide bonds. The van der Waals surface area contributed by atoms with Gasteiger partial charge in [0.1, 0.15) is 5.41 Å². The van der Waals surface area contributed by atoms with E-state index >= 15 is 0 Å². The van der Waals surface area contributed by atoms with Gasteiger partial charge >= 0.3 is 5.97 Å². The van der Waals surface area contributed by atoms with Crippen LogP contribution in [0.4, 0.5) is 0 Å². The summed E-state index contributed by atoms with van der Waals surface area (Å²) in [4.78, 5) is 14.6. The van der Waals surface area contributed by atoms with E-state index < -0.39 is 5.41 Å². The molecular weight excluding hydrogens is 220 g/mol. The molecule has 0 atom stereocenters. The number of carbonyl (C=O) groups excluding carboxylic acids is 1. The highest BCUT2D eigenvalue weighted by molar-refractivity contribution is 5.78. The zero-order valence-electron chi connectivity index (χ0n) is 9.99. The van der Waals surface area contributed by atoms with Crippen molar-refractivity contribution in [3.05, 3.63) is 24.0 Å². The summed E-state index contributed by atoms with van der Waals surface area (Å²) in [6.07, 6.45) is 4.83. The Morgan fingerprint density at radius 3 is 3.00 bits per heavy atom. The van der Waals surface area contributed by atoms with Crippen LogP contribution in [0.15, 0.2) is 18.5 Å². The first kappa shape index (κ1) is 12.1. The van der Waals surface area contributed by atoms with Crippen LogP contribution in [0.2, 0.25) is 0 Å². The summed E-state index contributed by atoms with van der Waals surface area (Å²) in [5, 5.41) is 3.29. The molecule has 2 heterocycles. The van der Waals surface area contributed by atoms with E-state index in [0.717, 1.165) is 13.0 Å². The average Bonchev–Trinajstić information content (AvgIpc) is 2.79. The molecule has 0 saturated carbocycles. The Balaban J connectivity index is 1.72. The normalized spacial score (nSPS) is 17.5. The third kappa shape index (κ3) is 2.68. The first-order valence-electron chi connectivity index (χ1n) is 5.75. The van der Waals surface area contributed by atoms with Gasteiger partial charge in [-0.05, 0) is 24.6 Å². The second kappa shape index (κ2) is 5.33. The van der Waals surface area contributed by atoms with Gasteiger partial charge in [0.05, 0.1) is 20.3 Å². The maximum absolute atomic E-state index is 11.6. The highest BCUT2D eigenvalue weighted by atomic mass is 16.5. The second-order valence-electron chi connectivity index (χ2n) is 4.41. The number of rotatable bonds is 6. The quantitative estimate of drug-likeness (QED) is 0.554. The topological polar surface area (TPSA) is 63.3 Å². The SMILES string of the molecule is COC(=O)C1(CNCCc2cc[nH]c2)COC1. The fraction of sp³-hybridized carbons (Fsp3) is 0.583. The average molecular weight is 238 g/mol. The molecule has 1 aromatic rings. The third-order valence-corrected chi connectivity index (χ3v) is 3.09. The van der Waals surface area contributed by atoms with E-state index in [4.69, 9.17) is 9.47 Å². The molecule has 1 fully saturated rings. The van der Waals surface area contributed by atoms with Crippen molar-refractivity contribution in [3.8, 4) is 0 Å².